The van der Waals surface area contributed by atoms with Gasteiger partial charge in [-0.25, -0.2) is 8.42 Å². The fourth-order valence-electron chi connectivity index (χ4n) is 2.69. The highest BCUT2D eigenvalue weighted by Crippen LogP contribution is 2.20. The molecule has 0 spiro atoms. The molecule has 0 bridgehead atoms. The number of hydrogen-bond donors (Lipinski definition) is 3. The smallest absolute Gasteiger partial charge is 0.267 e. The number of nitrogens with two attached hydrogens (primary N) is 1. The maximum absolute atomic E-state index is 12.6. The first kappa shape index (κ1) is 18.8. The molecule has 0 saturated carbocycles. The van der Waals surface area contributed by atoms with E-state index in [1.807, 2.05) is 24.3 Å². The number of benzene rings is 1. The SMILES string of the molecule is Nc1ccc(CCNC(=O)c2cc(S(=O)(=O)N3CCSCC3)c[nH]2)cc1. The molecule has 7 nitrogen and oxygen atoms in total. The van der Waals surface area contributed by atoms with Gasteiger partial charge in [-0.3, -0.25) is 4.79 Å². The summed E-state index contributed by atoms with van der Waals surface area (Å²) in [6.45, 7) is 1.45. The van der Waals surface area contributed by atoms with Gasteiger partial charge in [0.25, 0.3) is 5.91 Å². The Morgan fingerprint density at radius 2 is 1.92 bits per heavy atom. The van der Waals surface area contributed by atoms with E-state index in [1.165, 1.54) is 16.6 Å². The molecule has 0 atom stereocenters. The average molecular weight is 395 g/mol. The minimum Gasteiger partial charge on any atom is -0.399 e. The summed E-state index contributed by atoms with van der Waals surface area (Å²) in [5.74, 6) is 1.26. The van der Waals surface area contributed by atoms with Crippen LogP contribution in [0.15, 0.2) is 41.4 Å². The number of carbonyl (C=O) groups excluding carboxylic acids is 1. The average Bonchev–Trinajstić information content (AvgIpc) is 3.15. The van der Waals surface area contributed by atoms with E-state index in [0.29, 0.717) is 31.7 Å². The van der Waals surface area contributed by atoms with Crippen LogP contribution in [0.4, 0.5) is 5.69 Å². The first-order valence-corrected chi connectivity index (χ1v) is 11.0. The van der Waals surface area contributed by atoms with Crippen LogP contribution in [0.3, 0.4) is 0 Å². The van der Waals surface area contributed by atoms with Crippen LogP contribution in [0.5, 0.6) is 0 Å². The maximum atomic E-state index is 12.6. The minimum absolute atomic E-state index is 0.132. The molecule has 1 amide bonds. The molecule has 2 heterocycles. The Kier molecular flexibility index (Phi) is 5.90. The van der Waals surface area contributed by atoms with Gasteiger partial charge in [-0.15, -0.1) is 0 Å². The van der Waals surface area contributed by atoms with E-state index in [1.54, 1.807) is 11.8 Å². The lowest BCUT2D eigenvalue weighted by molar-refractivity contribution is 0.0949. The molecule has 1 fully saturated rings. The molecule has 2 aromatic rings. The third-order valence-corrected chi connectivity index (χ3v) is 7.01. The van der Waals surface area contributed by atoms with Crippen LogP contribution < -0.4 is 11.1 Å². The molecule has 0 unspecified atom stereocenters. The fraction of sp³-hybridized carbons (Fsp3) is 0.353. The number of carbonyl (C=O) groups is 1. The highest BCUT2D eigenvalue weighted by atomic mass is 32.2. The van der Waals surface area contributed by atoms with Crippen molar-refractivity contribution in [2.24, 2.45) is 0 Å². The molecule has 9 heteroatoms. The summed E-state index contributed by atoms with van der Waals surface area (Å²) in [5, 5.41) is 2.79. The third kappa shape index (κ3) is 4.40. The number of nitrogens with zero attached hydrogens (tertiary/aromatic N) is 1. The number of H-pyrrole nitrogens is 1. The zero-order valence-corrected chi connectivity index (χ0v) is 15.9. The van der Waals surface area contributed by atoms with Crippen molar-refractivity contribution in [1.29, 1.82) is 0 Å². The Morgan fingerprint density at radius 3 is 2.62 bits per heavy atom. The number of thioether (sulfide) groups is 1. The number of aromatic amines is 1. The van der Waals surface area contributed by atoms with Gasteiger partial charge >= 0.3 is 0 Å². The molecular weight excluding hydrogens is 372 g/mol. The van der Waals surface area contributed by atoms with E-state index in [0.717, 1.165) is 17.1 Å². The topological polar surface area (TPSA) is 108 Å². The zero-order valence-electron chi connectivity index (χ0n) is 14.3. The van der Waals surface area contributed by atoms with Crippen LogP contribution in [0.25, 0.3) is 0 Å². The van der Waals surface area contributed by atoms with E-state index in [-0.39, 0.29) is 16.5 Å². The standard InChI is InChI=1S/C17H22N4O3S2/c18-14-3-1-13(2-4-14)5-6-19-17(22)16-11-15(12-20-16)26(23,24)21-7-9-25-10-8-21/h1-4,11-12,20H,5-10,18H2,(H,19,22). The summed E-state index contributed by atoms with van der Waals surface area (Å²) in [7, 11) is -3.55. The number of hydrogen-bond acceptors (Lipinski definition) is 5. The quantitative estimate of drug-likeness (QED) is 0.640. The van der Waals surface area contributed by atoms with Gasteiger partial charge in [0.1, 0.15) is 10.6 Å². The van der Waals surface area contributed by atoms with Crippen molar-refractivity contribution in [3.05, 3.63) is 47.8 Å². The first-order chi connectivity index (χ1) is 12.5. The number of anilines is 1. The van der Waals surface area contributed by atoms with Crippen LogP contribution >= 0.6 is 11.8 Å². The molecule has 0 radical (unpaired) electrons. The van der Waals surface area contributed by atoms with Gasteiger partial charge in [-0.2, -0.15) is 16.1 Å². The molecule has 3 rings (SSSR count). The van der Waals surface area contributed by atoms with Gasteiger partial charge in [0.2, 0.25) is 10.0 Å². The van der Waals surface area contributed by atoms with Crippen LogP contribution in [0.2, 0.25) is 0 Å². The van der Waals surface area contributed by atoms with Gasteiger partial charge in [0, 0.05) is 43.0 Å². The minimum atomic E-state index is -3.55. The van der Waals surface area contributed by atoms with E-state index in [2.05, 4.69) is 10.3 Å². The molecule has 1 aromatic carbocycles. The van der Waals surface area contributed by atoms with Gasteiger partial charge in [0.05, 0.1) is 0 Å². The molecule has 26 heavy (non-hydrogen) atoms. The van der Waals surface area contributed by atoms with Crippen molar-refractivity contribution in [1.82, 2.24) is 14.6 Å². The maximum Gasteiger partial charge on any atom is 0.267 e. The number of sulfonamides is 1. The molecular formula is C17H22N4O3S2. The normalized spacial score (nSPS) is 15.7. The fourth-order valence-corrected chi connectivity index (χ4v) is 5.26. The Hall–Kier alpha value is -1.97. The summed E-state index contributed by atoms with van der Waals surface area (Å²) in [5.41, 5.74) is 7.65. The lowest BCUT2D eigenvalue weighted by atomic mass is 10.1. The Morgan fingerprint density at radius 1 is 1.23 bits per heavy atom. The molecule has 1 aliphatic rings. The van der Waals surface area contributed by atoms with Gasteiger partial charge < -0.3 is 16.0 Å². The summed E-state index contributed by atoms with van der Waals surface area (Å²) >= 11 is 1.74. The second kappa shape index (κ2) is 8.15. The van der Waals surface area contributed by atoms with Gasteiger partial charge in [0.15, 0.2) is 0 Å². The second-order valence-electron chi connectivity index (χ2n) is 6.01. The van der Waals surface area contributed by atoms with E-state index in [9.17, 15) is 13.2 Å². The molecule has 0 aliphatic carbocycles. The van der Waals surface area contributed by atoms with Gasteiger partial charge in [-0.05, 0) is 30.2 Å². The summed E-state index contributed by atoms with van der Waals surface area (Å²) in [6.07, 6.45) is 2.05. The van der Waals surface area contributed by atoms with Crippen molar-refractivity contribution in [2.45, 2.75) is 11.3 Å². The largest absolute Gasteiger partial charge is 0.399 e. The number of aromatic nitrogens is 1. The van der Waals surface area contributed by atoms with E-state index < -0.39 is 10.0 Å². The molecule has 1 saturated heterocycles. The third-order valence-electron chi connectivity index (χ3n) is 4.19. The van der Waals surface area contributed by atoms with Gasteiger partial charge in [-0.1, -0.05) is 12.1 Å². The molecule has 4 N–H and O–H groups in total. The first-order valence-electron chi connectivity index (χ1n) is 8.36. The second-order valence-corrected chi connectivity index (χ2v) is 9.18. The monoisotopic (exact) mass is 394 g/mol. The predicted molar refractivity (Wildman–Crippen MR) is 104 cm³/mol. The van der Waals surface area contributed by atoms with Crippen molar-refractivity contribution in [3.63, 3.8) is 0 Å². The van der Waals surface area contributed by atoms with E-state index >= 15 is 0 Å². The van der Waals surface area contributed by atoms with E-state index in [4.69, 9.17) is 5.73 Å². The lowest BCUT2D eigenvalue weighted by Gasteiger charge is -2.24. The molecule has 1 aliphatic heterocycles. The highest BCUT2D eigenvalue weighted by molar-refractivity contribution is 7.99. The predicted octanol–water partition coefficient (Wildman–Crippen LogP) is 1.31. The van der Waals surface area contributed by atoms with Crippen molar-refractivity contribution in [2.75, 3.05) is 36.9 Å². The number of amides is 1. The van der Waals surface area contributed by atoms with Crippen LogP contribution in [0.1, 0.15) is 16.1 Å². The van der Waals surface area contributed by atoms with Crippen molar-refractivity contribution >= 4 is 33.4 Å². The Balaban J connectivity index is 1.58. The van der Waals surface area contributed by atoms with Crippen LogP contribution in [0, 0.1) is 0 Å². The van der Waals surface area contributed by atoms with Crippen LogP contribution in [-0.2, 0) is 16.4 Å². The lowest BCUT2D eigenvalue weighted by Crippen LogP contribution is -2.37. The van der Waals surface area contributed by atoms with Crippen LogP contribution in [-0.4, -0.2) is 54.8 Å². The molecule has 140 valence electrons. The summed E-state index contributed by atoms with van der Waals surface area (Å²) in [6, 6.07) is 8.86. The zero-order chi connectivity index (χ0) is 18.6. The highest BCUT2D eigenvalue weighted by Gasteiger charge is 2.27. The number of nitrogens with one attached hydrogen (secondary N) is 2. The van der Waals surface area contributed by atoms with Crippen molar-refractivity contribution in [3.8, 4) is 0 Å². The number of rotatable bonds is 6. The van der Waals surface area contributed by atoms with Crippen molar-refractivity contribution < 1.29 is 13.2 Å². The summed E-state index contributed by atoms with van der Waals surface area (Å²) < 4.78 is 26.7. The Labute approximate surface area is 157 Å². The summed E-state index contributed by atoms with van der Waals surface area (Å²) in [4.78, 5) is 15.1. The Bertz CT molecular complexity index is 856. The number of nitrogen functional groups attached to an aromatic ring is 1. The molecule has 1 aromatic heterocycles.